The summed E-state index contributed by atoms with van der Waals surface area (Å²) >= 11 is 3.42. The van der Waals surface area contributed by atoms with Crippen molar-refractivity contribution in [3.8, 4) is 0 Å². The zero-order valence-electron chi connectivity index (χ0n) is 12.2. The molecule has 0 fully saturated rings. The van der Waals surface area contributed by atoms with Crippen LogP contribution < -0.4 is 5.32 Å². The van der Waals surface area contributed by atoms with Crippen LogP contribution in [0.5, 0.6) is 0 Å². The Bertz CT molecular complexity index is 343. The first-order valence-corrected chi connectivity index (χ1v) is 7.95. The molecule has 0 aliphatic heterocycles. The lowest BCUT2D eigenvalue weighted by Gasteiger charge is -2.27. The van der Waals surface area contributed by atoms with Gasteiger partial charge in [-0.1, -0.05) is 13.8 Å². The van der Waals surface area contributed by atoms with Crippen LogP contribution in [-0.4, -0.2) is 30.3 Å². The van der Waals surface area contributed by atoms with Gasteiger partial charge in [0.15, 0.2) is 0 Å². The third-order valence-electron chi connectivity index (χ3n) is 3.11. The molecule has 1 N–H and O–H groups in total. The van der Waals surface area contributed by atoms with E-state index < -0.39 is 0 Å². The molecule has 3 nitrogen and oxygen atoms in total. The van der Waals surface area contributed by atoms with Crippen LogP contribution >= 0.6 is 15.9 Å². The Balaban J connectivity index is 2.69. The molecule has 1 aromatic heterocycles. The van der Waals surface area contributed by atoms with E-state index in [0.717, 1.165) is 42.6 Å². The van der Waals surface area contributed by atoms with Crippen LogP contribution in [0.2, 0.25) is 0 Å². The van der Waals surface area contributed by atoms with Crippen LogP contribution in [0.25, 0.3) is 0 Å². The summed E-state index contributed by atoms with van der Waals surface area (Å²) in [6.45, 7) is 8.19. The summed E-state index contributed by atoms with van der Waals surface area (Å²) in [6, 6.07) is 4.45. The Morgan fingerprint density at radius 2 is 2.11 bits per heavy atom. The summed E-state index contributed by atoms with van der Waals surface area (Å²) in [6.07, 6.45) is 5.17. The largest absolute Gasteiger partial charge is 0.377 e. The molecular formula is C15H25BrN2O. The van der Waals surface area contributed by atoms with E-state index in [2.05, 4.69) is 53.1 Å². The molecule has 1 heterocycles. The van der Waals surface area contributed by atoms with Crippen molar-refractivity contribution in [3.63, 3.8) is 0 Å². The zero-order chi connectivity index (χ0) is 14.1. The number of aromatic nitrogens is 1. The van der Waals surface area contributed by atoms with Crippen LogP contribution in [0, 0.1) is 0 Å². The fraction of sp³-hybridized carbons (Fsp3) is 0.667. The second-order valence-electron chi connectivity index (χ2n) is 4.63. The van der Waals surface area contributed by atoms with Gasteiger partial charge in [0, 0.05) is 35.4 Å². The summed E-state index contributed by atoms with van der Waals surface area (Å²) in [7, 11) is 0. The monoisotopic (exact) mass is 328 g/mol. The number of nitrogens with zero attached hydrogens (tertiary/aromatic N) is 1. The molecule has 108 valence electrons. The van der Waals surface area contributed by atoms with Gasteiger partial charge in [0.05, 0.1) is 6.10 Å². The van der Waals surface area contributed by atoms with Crippen LogP contribution in [0.3, 0.4) is 0 Å². The molecule has 19 heavy (non-hydrogen) atoms. The molecule has 2 unspecified atom stereocenters. The van der Waals surface area contributed by atoms with Gasteiger partial charge in [-0.25, -0.2) is 0 Å². The minimum atomic E-state index is 0.252. The van der Waals surface area contributed by atoms with Crippen LogP contribution in [0.1, 0.15) is 39.3 Å². The van der Waals surface area contributed by atoms with Gasteiger partial charge < -0.3 is 10.1 Å². The number of pyridine rings is 1. The van der Waals surface area contributed by atoms with Crippen molar-refractivity contribution in [2.24, 2.45) is 0 Å². The van der Waals surface area contributed by atoms with Gasteiger partial charge in [-0.2, -0.15) is 0 Å². The molecule has 0 aliphatic carbocycles. The lowest BCUT2D eigenvalue weighted by molar-refractivity contribution is 0.0317. The van der Waals surface area contributed by atoms with E-state index in [1.54, 1.807) is 0 Å². The minimum absolute atomic E-state index is 0.252. The van der Waals surface area contributed by atoms with Gasteiger partial charge in [0.1, 0.15) is 0 Å². The number of ether oxygens (including phenoxy) is 1. The summed E-state index contributed by atoms with van der Waals surface area (Å²) in [4.78, 5) is 4.46. The second-order valence-corrected chi connectivity index (χ2v) is 5.55. The third-order valence-corrected chi connectivity index (χ3v) is 3.58. The first-order valence-electron chi connectivity index (χ1n) is 7.16. The lowest BCUT2D eigenvalue weighted by Crippen LogP contribution is -2.43. The maximum Gasteiger partial charge on any atom is 0.0729 e. The van der Waals surface area contributed by atoms with E-state index in [0.29, 0.717) is 6.04 Å². The highest BCUT2D eigenvalue weighted by atomic mass is 79.9. The molecule has 0 aliphatic rings. The van der Waals surface area contributed by atoms with E-state index in [9.17, 15) is 0 Å². The Hall–Kier alpha value is -0.450. The summed E-state index contributed by atoms with van der Waals surface area (Å²) in [5.41, 5.74) is 1.11. The predicted molar refractivity (Wildman–Crippen MR) is 83.4 cm³/mol. The van der Waals surface area contributed by atoms with Crippen LogP contribution in [0.15, 0.2) is 22.8 Å². The van der Waals surface area contributed by atoms with E-state index in [4.69, 9.17) is 4.74 Å². The summed E-state index contributed by atoms with van der Waals surface area (Å²) in [5.74, 6) is 0. The second kappa shape index (κ2) is 9.45. The maximum absolute atomic E-state index is 5.85. The Morgan fingerprint density at radius 3 is 2.63 bits per heavy atom. The highest BCUT2D eigenvalue weighted by Gasteiger charge is 2.20. The van der Waals surface area contributed by atoms with E-state index in [1.165, 1.54) is 0 Å². The van der Waals surface area contributed by atoms with Crippen molar-refractivity contribution in [2.45, 2.75) is 52.2 Å². The molecule has 0 amide bonds. The number of hydrogen-bond acceptors (Lipinski definition) is 3. The molecule has 1 aromatic rings. The first-order chi connectivity index (χ1) is 9.21. The Kier molecular flexibility index (Phi) is 8.26. The molecular weight excluding hydrogens is 304 g/mol. The minimum Gasteiger partial charge on any atom is -0.377 e. The fourth-order valence-corrected chi connectivity index (χ4v) is 2.38. The van der Waals surface area contributed by atoms with Gasteiger partial charge in [0.25, 0.3) is 0 Å². The van der Waals surface area contributed by atoms with Crippen molar-refractivity contribution in [3.05, 3.63) is 28.5 Å². The summed E-state index contributed by atoms with van der Waals surface area (Å²) in [5, 5.41) is 3.59. The highest BCUT2D eigenvalue weighted by Crippen LogP contribution is 2.13. The quantitative estimate of drug-likeness (QED) is 0.752. The van der Waals surface area contributed by atoms with Gasteiger partial charge >= 0.3 is 0 Å². The predicted octanol–water partition coefficient (Wildman–Crippen LogP) is 3.57. The lowest BCUT2D eigenvalue weighted by atomic mass is 10.0. The van der Waals surface area contributed by atoms with Crippen molar-refractivity contribution < 1.29 is 4.74 Å². The molecule has 1 rings (SSSR count). The molecule has 0 bridgehead atoms. The maximum atomic E-state index is 5.85. The van der Waals surface area contributed by atoms with Gasteiger partial charge in [-0.15, -0.1) is 0 Å². The van der Waals surface area contributed by atoms with Crippen molar-refractivity contribution in [2.75, 3.05) is 13.2 Å². The topological polar surface area (TPSA) is 34.2 Å². The molecule has 0 radical (unpaired) electrons. The molecule has 0 aromatic carbocycles. The molecule has 0 saturated carbocycles. The number of hydrogen-bond donors (Lipinski definition) is 1. The van der Waals surface area contributed by atoms with E-state index in [-0.39, 0.29) is 6.10 Å². The SMILES string of the molecule is CCCNC(Cc1ccc(Br)cn1)C(CC)OCC. The van der Waals surface area contributed by atoms with Crippen LogP contribution in [0.4, 0.5) is 0 Å². The number of halogens is 1. The van der Waals surface area contributed by atoms with Crippen molar-refractivity contribution in [1.29, 1.82) is 0 Å². The molecule has 2 atom stereocenters. The average Bonchev–Trinajstić information content (AvgIpc) is 2.43. The molecule has 0 saturated heterocycles. The number of nitrogens with one attached hydrogen (secondary N) is 1. The van der Waals surface area contributed by atoms with Crippen molar-refractivity contribution >= 4 is 15.9 Å². The van der Waals surface area contributed by atoms with E-state index in [1.807, 2.05) is 12.3 Å². The normalized spacial score (nSPS) is 14.3. The Morgan fingerprint density at radius 1 is 1.32 bits per heavy atom. The van der Waals surface area contributed by atoms with Gasteiger partial charge in [-0.3, -0.25) is 4.98 Å². The van der Waals surface area contributed by atoms with Crippen molar-refractivity contribution in [1.82, 2.24) is 10.3 Å². The van der Waals surface area contributed by atoms with Gasteiger partial charge in [-0.05, 0) is 54.4 Å². The standard InChI is InChI=1S/C15H25BrN2O/c1-4-9-17-14(15(5-2)19-6-3)10-13-8-7-12(16)11-18-13/h7-8,11,14-15,17H,4-6,9-10H2,1-3H3. The van der Waals surface area contributed by atoms with E-state index >= 15 is 0 Å². The third kappa shape index (κ3) is 6.02. The summed E-state index contributed by atoms with van der Waals surface area (Å²) < 4.78 is 6.87. The van der Waals surface area contributed by atoms with Crippen LogP contribution in [-0.2, 0) is 11.2 Å². The fourth-order valence-electron chi connectivity index (χ4n) is 2.15. The highest BCUT2D eigenvalue weighted by molar-refractivity contribution is 9.10. The Labute approximate surface area is 125 Å². The molecule has 0 spiro atoms. The van der Waals surface area contributed by atoms with Gasteiger partial charge in [0.2, 0.25) is 0 Å². The zero-order valence-corrected chi connectivity index (χ0v) is 13.7. The average molecular weight is 329 g/mol. The smallest absolute Gasteiger partial charge is 0.0729 e. The molecule has 4 heteroatoms. The first kappa shape index (κ1) is 16.6. The number of rotatable bonds is 9.